The molecule has 0 radical (unpaired) electrons. The van der Waals surface area contributed by atoms with E-state index in [9.17, 15) is 50.0 Å². The summed E-state index contributed by atoms with van der Waals surface area (Å²) < 4.78 is 22.7. The highest BCUT2D eigenvalue weighted by Crippen LogP contribution is 2.47. The monoisotopic (exact) mass is 794 g/mol. The predicted molar refractivity (Wildman–Crippen MR) is 210 cm³/mol. The second kappa shape index (κ2) is 30.9. The number of phosphoric acid groups is 1. The van der Waals surface area contributed by atoms with Crippen molar-refractivity contribution in [1.82, 2.24) is 5.32 Å². The summed E-state index contributed by atoms with van der Waals surface area (Å²) in [6, 6.07) is -1.24. The van der Waals surface area contributed by atoms with Crippen LogP contribution in [0.2, 0.25) is 0 Å². The van der Waals surface area contributed by atoms with Gasteiger partial charge in [0.2, 0.25) is 5.91 Å². The van der Waals surface area contributed by atoms with Gasteiger partial charge in [0.15, 0.2) is 0 Å². The van der Waals surface area contributed by atoms with Gasteiger partial charge in [0.1, 0.15) is 36.6 Å². The molecule has 0 heterocycles. The van der Waals surface area contributed by atoms with Crippen LogP contribution in [0.25, 0.3) is 0 Å². The molecule has 1 amide bonds. The number of rotatable bonds is 33. The van der Waals surface area contributed by atoms with Crippen molar-refractivity contribution in [3.8, 4) is 0 Å². The number of hydrogen-bond donors (Lipinski definition) is 9. The molecule has 1 rings (SSSR count). The van der Waals surface area contributed by atoms with Gasteiger partial charge in [0.05, 0.1) is 31.3 Å². The number of carbonyl (C=O) groups excluding carboxylic acids is 1. The summed E-state index contributed by atoms with van der Waals surface area (Å²) in [5, 5.41) is 74.0. The van der Waals surface area contributed by atoms with Gasteiger partial charge in [0, 0.05) is 0 Å². The van der Waals surface area contributed by atoms with Crippen molar-refractivity contribution in [3.63, 3.8) is 0 Å². The maximum absolute atomic E-state index is 12.9. The summed E-state index contributed by atoms with van der Waals surface area (Å²) in [6.07, 6.45) is 17.2. The first-order chi connectivity index (χ1) is 25.8. The average molecular weight is 794 g/mol. The Kier molecular flexibility index (Phi) is 29.0. The summed E-state index contributed by atoms with van der Waals surface area (Å²) in [5.41, 5.74) is 0. The smallest absolute Gasteiger partial charge is 0.393 e. The van der Waals surface area contributed by atoms with Gasteiger partial charge < -0.3 is 46.0 Å². The van der Waals surface area contributed by atoms with Crippen LogP contribution in [0.1, 0.15) is 162 Å². The number of allylic oxidation sites excluding steroid dienone is 3. The largest absolute Gasteiger partial charge is 0.472 e. The minimum Gasteiger partial charge on any atom is -0.393 e. The van der Waals surface area contributed by atoms with E-state index < -0.39 is 75.2 Å². The molecule has 1 aliphatic rings. The Morgan fingerprint density at radius 3 is 1.57 bits per heavy atom. The lowest BCUT2D eigenvalue weighted by molar-refractivity contribution is -0.220. The molecule has 0 aromatic carbocycles. The van der Waals surface area contributed by atoms with Gasteiger partial charge in [0.25, 0.3) is 0 Å². The van der Waals surface area contributed by atoms with Crippen LogP contribution in [0, 0.1) is 0 Å². The van der Waals surface area contributed by atoms with Crippen molar-refractivity contribution in [2.75, 3.05) is 6.61 Å². The van der Waals surface area contributed by atoms with Crippen LogP contribution in [0.5, 0.6) is 0 Å². The molecule has 14 heteroatoms. The van der Waals surface area contributed by atoms with Crippen LogP contribution < -0.4 is 5.32 Å². The topological polar surface area (TPSA) is 226 Å². The molecule has 54 heavy (non-hydrogen) atoms. The summed E-state index contributed by atoms with van der Waals surface area (Å²) in [6.45, 7) is 3.66. The standard InChI is InChI=1S/C40H76NO12P/c1-3-5-7-9-11-13-14-15-16-17-18-20-21-23-25-27-31(42)29-34(44)41-32(33(43)28-26-24-22-19-12-10-8-6-4-2)30-52-54(50,51)53-40-38(48)36(46)35(45)37(47)39(40)49/h15-16,26,28,31-33,35-40,42-43,45-49H,3-14,17-25,27,29-30H2,1-2H3,(H,41,44)(H,50,51)/b16-15-,28-26+. The van der Waals surface area contributed by atoms with Crippen LogP contribution >= 0.6 is 7.82 Å². The van der Waals surface area contributed by atoms with Crippen LogP contribution in [-0.4, -0.2) is 108 Å². The molecule has 13 nitrogen and oxygen atoms in total. The maximum atomic E-state index is 12.9. The highest BCUT2D eigenvalue weighted by molar-refractivity contribution is 7.47. The van der Waals surface area contributed by atoms with Crippen molar-refractivity contribution >= 4 is 13.7 Å². The Labute approximate surface area is 324 Å². The number of nitrogens with one attached hydrogen (secondary N) is 1. The number of amides is 1. The predicted octanol–water partition coefficient (Wildman–Crippen LogP) is 5.64. The van der Waals surface area contributed by atoms with Gasteiger partial charge in [-0.2, -0.15) is 0 Å². The lowest BCUT2D eigenvalue weighted by Crippen LogP contribution is -2.64. The Balaban J connectivity index is 2.57. The SMILES string of the molecule is CCCCCCCC/C=C\CCCCCCCC(O)CC(=O)NC(COP(=O)(O)OC1C(O)C(O)C(O)C(O)C1O)C(O)/C=C/CCCCCCCCC. The summed E-state index contributed by atoms with van der Waals surface area (Å²) >= 11 is 0. The van der Waals surface area contributed by atoms with E-state index in [1.807, 2.05) is 0 Å². The number of unbranched alkanes of at least 4 members (excludes halogenated alkanes) is 18. The minimum absolute atomic E-state index is 0.250. The highest BCUT2D eigenvalue weighted by atomic mass is 31.2. The van der Waals surface area contributed by atoms with E-state index >= 15 is 0 Å². The molecule has 0 spiro atoms. The molecule has 9 N–H and O–H groups in total. The fourth-order valence-corrected chi connectivity index (χ4v) is 7.49. The number of aliphatic hydroxyl groups excluding tert-OH is 7. The molecule has 318 valence electrons. The average Bonchev–Trinajstić information content (AvgIpc) is 3.14. The third kappa shape index (κ3) is 23.1. The number of hydrogen-bond acceptors (Lipinski definition) is 11. The minimum atomic E-state index is -5.13. The maximum Gasteiger partial charge on any atom is 0.472 e. The Hall–Kier alpha value is -1.22. The van der Waals surface area contributed by atoms with Crippen molar-refractivity contribution < 1.29 is 59.0 Å². The van der Waals surface area contributed by atoms with E-state index in [1.54, 1.807) is 6.08 Å². The third-order valence-electron chi connectivity index (χ3n) is 10.0. The molecule has 0 bridgehead atoms. The van der Waals surface area contributed by atoms with E-state index in [2.05, 4.69) is 31.3 Å². The molecule has 8 unspecified atom stereocenters. The van der Waals surface area contributed by atoms with E-state index in [0.717, 1.165) is 64.2 Å². The molecule has 0 aromatic heterocycles. The van der Waals surface area contributed by atoms with Gasteiger partial charge in [-0.15, -0.1) is 0 Å². The summed E-state index contributed by atoms with van der Waals surface area (Å²) in [7, 11) is -5.13. The number of phosphoric ester groups is 1. The van der Waals surface area contributed by atoms with E-state index in [1.165, 1.54) is 70.3 Å². The van der Waals surface area contributed by atoms with E-state index in [-0.39, 0.29) is 6.42 Å². The molecule has 0 saturated heterocycles. The number of aliphatic hydroxyl groups is 7. The third-order valence-corrected chi connectivity index (χ3v) is 11.0. The van der Waals surface area contributed by atoms with Crippen LogP contribution in [0.15, 0.2) is 24.3 Å². The molecule has 8 atom stereocenters. The first-order valence-electron chi connectivity index (χ1n) is 20.9. The second-order valence-electron chi connectivity index (χ2n) is 15.0. The van der Waals surface area contributed by atoms with E-state index in [0.29, 0.717) is 12.8 Å². The van der Waals surface area contributed by atoms with E-state index in [4.69, 9.17) is 9.05 Å². The molecule has 0 aromatic rings. The molecular formula is C40H76NO12P. The van der Waals surface area contributed by atoms with Crippen molar-refractivity contribution in [2.45, 2.75) is 216 Å². The summed E-state index contributed by atoms with van der Waals surface area (Å²) in [4.78, 5) is 23.3. The Morgan fingerprint density at radius 1 is 0.648 bits per heavy atom. The zero-order chi connectivity index (χ0) is 40.2. The van der Waals surface area contributed by atoms with Crippen molar-refractivity contribution in [1.29, 1.82) is 0 Å². The molecule has 0 aliphatic heterocycles. The quantitative estimate of drug-likeness (QED) is 0.0224. The zero-order valence-corrected chi connectivity index (χ0v) is 34.0. The van der Waals surface area contributed by atoms with Gasteiger partial charge in [-0.1, -0.05) is 134 Å². The first kappa shape index (κ1) is 50.8. The van der Waals surface area contributed by atoms with Gasteiger partial charge in [-0.3, -0.25) is 13.8 Å². The second-order valence-corrected chi connectivity index (χ2v) is 16.4. The van der Waals surface area contributed by atoms with Crippen molar-refractivity contribution in [2.24, 2.45) is 0 Å². The molecular weight excluding hydrogens is 717 g/mol. The normalized spacial score (nSPS) is 24.9. The fraction of sp³-hybridized carbons (Fsp3) is 0.875. The van der Waals surface area contributed by atoms with Gasteiger partial charge in [-0.25, -0.2) is 4.57 Å². The fourth-order valence-electron chi connectivity index (χ4n) is 6.53. The van der Waals surface area contributed by atoms with Crippen LogP contribution in [0.3, 0.4) is 0 Å². The Morgan fingerprint density at radius 2 is 1.07 bits per heavy atom. The van der Waals surface area contributed by atoms with Gasteiger partial charge >= 0.3 is 7.82 Å². The highest BCUT2D eigenvalue weighted by Gasteiger charge is 2.51. The first-order valence-corrected chi connectivity index (χ1v) is 22.4. The summed E-state index contributed by atoms with van der Waals surface area (Å²) in [5.74, 6) is -0.601. The Bertz CT molecular complexity index is 1030. The van der Waals surface area contributed by atoms with Crippen LogP contribution in [0.4, 0.5) is 0 Å². The molecule has 1 aliphatic carbocycles. The van der Waals surface area contributed by atoms with Crippen molar-refractivity contribution in [3.05, 3.63) is 24.3 Å². The lowest BCUT2D eigenvalue weighted by Gasteiger charge is -2.41. The molecule has 1 saturated carbocycles. The molecule has 1 fully saturated rings. The zero-order valence-electron chi connectivity index (χ0n) is 33.1. The van der Waals surface area contributed by atoms with Crippen LogP contribution in [-0.2, 0) is 18.4 Å². The lowest BCUT2D eigenvalue weighted by atomic mass is 9.85. The van der Waals surface area contributed by atoms with Gasteiger partial charge in [-0.05, 0) is 44.9 Å². The number of carbonyl (C=O) groups is 1.